The van der Waals surface area contributed by atoms with Crippen molar-refractivity contribution in [3.05, 3.63) is 55.3 Å². The second kappa shape index (κ2) is 4.13. The maximum Gasteiger partial charge on any atom is 0.178 e. The van der Waals surface area contributed by atoms with Crippen LogP contribution in [0, 0.1) is 0 Å². The second-order valence-corrected chi connectivity index (χ2v) is 4.66. The van der Waals surface area contributed by atoms with Gasteiger partial charge in [-0.2, -0.15) is 0 Å². The first-order chi connectivity index (χ1) is 9.88. The van der Waals surface area contributed by atoms with Crippen molar-refractivity contribution in [3.8, 4) is 0 Å². The Balaban J connectivity index is 2.25. The molecule has 0 aliphatic carbocycles. The largest absolute Gasteiger partial charge is 0.320 e. The minimum atomic E-state index is 0.682. The highest BCUT2D eigenvalue weighted by atomic mass is 15.1. The van der Waals surface area contributed by atoms with Crippen LogP contribution < -0.4 is 0 Å². The molecule has 0 bridgehead atoms. The molecule has 3 aromatic heterocycles. The molecule has 4 rings (SSSR count). The van der Waals surface area contributed by atoms with E-state index in [0.717, 1.165) is 27.6 Å². The highest BCUT2D eigenvalue weighted by Crippen LogP contribution is 2.27. The van der Waals surface area contributed by atoms with Crippen LogP contribution >= 0.6 is 0 Å². The van der Waals surface area contributed by atoms with Gasteiger partial charge in [0.1, 0.15) is 11.0 Å². The van der Waals surface area contributed by atoms with Crippen molar-refractivity contribution < 1.29 is 0 Å². The predicted molar refractivity (Wildman–Crippen MR) is 80.5 cm³/mol. The number of aromatic nitrogens is 4. The lowest BCUT2D eigenvalue weighted by Crippen LogP contribution is -1.97. The number of benzene rings is 1. The average molecular weight is 260 g/mol. The molecule has 0 atom stereocenters. The van der Waals surface area contributed by atoms with Crippen LogP contribution in [-0.2, 0) is 6.54 Å². The third kappa shape index (κ3) is 1.45. The normalized spacial score (nSPS) is 11.4. The molecule has 4 nitrogen and oxygen atoms in total. The molecular formula is C16H12N4. The van der Waals surface area contributed by atoms with Crippen LogP contribution in [0.15, 0.2) is 55.3 Å². The molecule has 0 amide bonds. The number of allylic oxidation sites excluding steroid dienone is 1. The molecular weight excluding hydrogens is 248 g/mol. The van der Waals surface area contributed by atoms with E-state index in [1.807, 2.05) is 30.3 Å². The van der Waals surface area contributed by atoms with Crippen molar-refractivity contribution in [2.24, 2.45) is 0 Å². The summed E-state index contributed by atoms with van der Waals surface area (Å²) in [7, 11) is 0. The fourth-order valence-corrected chi connectivity index (χ4v) is 2.59. The van der Waals surface area contributed by atoms with Gasteiger partial charge in [-0.3, -0.25) is 0 Å². The first-order valence-corrected chi connectivity index (χ1v) is 6.49. The monoisotopic (exact) mass is 260 g/mol. The van der Waals surface area contributed by atoms with E-state index in [9.17, 15) is 0 Å². The summed E-state index contributed by atoms with van der Waals surface area (Å²) < 4.78 is 2.14. The van der Waals surface area contributed by atoms with Gasteiger partial charge in [0.25, 0.3) is 0 Å². The van der Waals surface area contributed by atoms with E-state index in [1.54, 1.807) is 6.20 Å². The van der Waals surface area contributed by atoms with Gasteiger partial charge in [-0.05, 0) is 18.2 Å². The van der Waals surface area contributed by atoms with E-state index >= 15 is 0 Å². The molecule has 0 spiro atoms. The van der Waals surface area contributed by atoms with Gasteiger partial charge < -0.3 is 4.57 Å². The molecule has 4 aromatic rings. The van der Waals surface area contributed by atoms with Gasteiger partial charge in [-0.1, -0.05) is 24.3 Å². The lowest BCUT2D eigenvalue weighted by Gasteiger charge is -2.02. The van der Waals surface area contributed by atoms with Gasteiger partial charge in [-0.25, -0.2) is 15.0 Å². The van der Waals surface area contributed by atoms with E-state index in [-0.39, 0.29) is 0 Å². The molecule has 0 radical (unpaired) electrons. The number of hydrogen-bond acceptors (Lipinski definition) is 3. The lowest BCUT2D eigenvalue weighted by molar-refractivity contribution is 0.887. The molecule has 96 valence electrons. The molecule has 0 N–H and O–H groups in total. The van der Waals surface area contributed by atoms with Crippen molar-refractivity contribution in [1.82, 2.24) is 19.5 Å². The van der Waals surface area contributed by atoms with Crippen molar-refractivity contribution in [3.63, 3.8) is 0 Å². The molecule has 0 unspecified atom stereocenters. The minimum Gasteiger partial charge on any atom is -0.320 e. The Labute approximate surface area is 115 Å². The van der Waals surface area contributed by atoms with Crippen LogP contribution in [0.2, 0.25) is 0 Å². The zero-order valence-electron chi connectivity index (χ0n) is 10.8. The topological polar surface area (TPSA) is 43.6 Å². The van der Waals surface area contributed by atoms with Gasteiger partial charge in [0.05, 0.1) is 5.52 Å². The summed E-state index contributed by atoms with van der Waals surface area (Å²) in [5.41, 5.74) is 4.40. The number of fused-ring (bicyclic) bond motifs is 4. The summed E-state index contributed by atoms with van der Waals surface area (Å²) in [5, 5.41) is 1.10. The third-order valence-electron chi connectivity index (χ3n) is 3.44. The Morgan fingerprint density at radius 1 is 1.10 bits per heavy atom. The van der Waals surface area contributed by atoms with E-state index in [2.05, 4.69) is 33.2 Å². The second-order valence-electron chi connectivity index (χ2n) is 4.66. The number of rotatable bonds is 2. The number of hydrogen-bond donors (Lipinski definition) is 0. The number of nitrogens with zero attached hydrogens (tertiary/aromatic N) is 4. The van der Waals surface area contributed by atoms with Crippen molar-refractivity contribution in [2.75, 3.05) is 0 Å². The number of para-hydroxylation sites is 1. The van der Waals surface area contributed by atoms with E-state index in [1.165, 1.54) is 0 Å². The van der Waals surface area contributed by atoms with Gasteiger partial charge in [0.2, 0.25) is 0 Å². The molecule has 1 aromatic carbocycles. The summed E-state index contributed by atoms with van der Waals surface area (Å²) in [4.78, 5) is 13.7. The summed E-state index contributed by atoms with van der Waals surface area (Å²) in [6, 6.07) is 12.0. The van der Waals surface area contributed by atoms with Crippen LogP contribution in [-0.4, -0.2) is 19.5 Å². The van der Waals surface area contributed by atoms with Gasteiger partial charge in [0.15, 0.2) is 11.3 Å². The molecule has 3 heterocycles. The smallest absolute Gasteiger partial charge is 0.178 e. The SMILES string of the molecule is C=CCn1c2ccccc2c2nc3ncccc3nc21. The van der Waals surface area contributed by atoms with E-state index < -0.39 is 0 Å². The van der Waals surface area contributed by atoms with Crippen LogP contribution in [0.5, 0.6) is 0 Å². The standard InChI is InChI=1S/C16H12N4/c1-2-10-20-13-8-4-3-6-11(13)14-16(20)18-12-7-5-9-17-15(12)19-14/h2-9H,1,10H2. The molecule has 4 heteroatoms. The summed E-state index contributed by atoms with van der Waals surface area (Å²) in [6.45, 7) is 4.54. The molecule has 0 aliphatic rings. The fraction of sp³-hybridized carbons (Fsp3) is 0.0625. The quantitative estimate of drug-likeness (QED) is 0.519. The van der Waals surface area contributed by atoms with Gasteiger partial charge in [0, 0.05) is 18.1 Å². The molecule has 0 saturated carbocycles. The maximum absolute atomic E-state index is 4.72. The number of pyridine rings is 1. The van der Waals surface area contributed by atoms with E-state index in [4.69, 9.17) is 4.98 Å². The van der Waals surface area contributed by atoms with Crippen LogP contribution in [0.3, 0.4) is 0 Å². The highest BCUT2D eigenvalue weighted by molar-refractivity contribution is 6.06. The maximum atomic E-state index is 4.72. The molecule has 0 fully saturated rings. The first kappa shape index (κ1) is 11.1. The van der Waals surface area contributed by atoms with Crippen molar-refractivity contribution >= 4 is 33.2 Å². The minimum absolute atomic E-state index is 0.682. The fourth-order valence-electron chi connectivity index (χ4n) is 2.59. The average Bonchev–Trinajstić information content (AvgIpc) is 2.80. The summed E-state index contributed by atoms with van der Waals surface area (Å²) in [5.74, 6) is 0. The summed E-state index contributed by atoms with van der Waals surface area (Å²) in [6.07, 6.45) is 3.62. The Bertz CT molecular complexity index is 953. The zero-order chi connectivity index (χ0) is 13.5. The predicted octanol–water partition coefficient (Wildman–Crippen LogP) is 3.32. The van der Waals surface area contributed by atoms with Crippen LogP contribution in [0.4, 0.5) is 0 Å². The molecule has 0 saturated heterocycles. The summed E-state index contributed by atoms with van der Waals surface area (Å²) >= 11 is 0. The first-order valence-electron chi connectivity index (χ1n) is 6.49. The van der Waals surface area contributed by atoms with Gasteiger partial charge >= 0.3 is 0 Å². The third-order valence-corrected chi connectivity index (χ3v) is 3.44. The van der Waals surface area contributed by atoms with Crippen molar-refractivity contribution in [1.29, 1.82) is 0 Å². The van der Waals surface area contributed by atoms with Gasteiger partial charge in [-0.15, -0.1) is 6.58 Å². The Hall–Kier alpha value is -2.75. The highest BCUT2D eigenvalue weighted by Gasteiger charge is 2.13. The molecule has 20 heavy (non-hydrogen) atoms. The van der Waals surface area contributed by atoms with E-state index in [0.29, 0.717) is 12.2 Å². The Kier molecular flexibility index (Phi) is 2.29. The van der Waals surface area contributed by atoms with Crippen LogP contribution in [0.25, 0.3) is 33.2 Å². The lowest BCUT2D eigenvalue weighted by atomic mass is 10.2. The zero-order valence-corrected chi connectivity index (χ0v) is 10.8. The Morgan fingerprint density at radius 2 is 2.00 bits per heavy atom. The Morgan fingerprint density at radius 3 is 2.90 bits per heavy atom. The van der Waals surface area contributed by atoms with Crippen LogP contribution in [0.1, 0.15) is 0 Å². The van der Waals surface area contributed by atoms with Crippen molar-refractivity contribution in [2.45, 2.75) is 6.54 Å². The molecule has 0 aliphatic heterocycles.